The van der Waals surface area contributed by atoms with Crippen molar-refractivity contribution in [2.24, 2.45) is 28.9 Å². The van der Waals surface area contributed by atoms with Gasteiger partial charge < -0.3 is 107 Å². The van der Waals surface area contributed by atoms with E-state index in [2.05, 4.69) is 58.5 Å². The average Bonchev–Trinajstić information content (AvgIpc) is 1.62. The number of benzene rings is 3. The van der Waals surface area contributed by atoms with Crippen molar-refractivity contribution in [3.05, 3.63) is 95.6 Å². The third-order valence-electron chi connectivity index (χ3n) is 16.9. The van der Waals surface area contributed by atoms with E-state index in [0.717, 1.165) is 4.90 Å². The first-order valence-electron chi connectivity index (χ1n) is 33.9. The highest BCUT2D eigenvalue weighted by atomic mass is 16.4. The van der Waals surface area contributed by atoms with Crippen molar-refractivity contribution in [1.82, 2.24) is 63.4 Å². The van der Waals surface area contributed by atoms with Crippen LogP contribution in [0, 0.1) is 5.92 Å². The first kappa shape index (κ1) is 84.1. The number of nitrogens with zero attached hydrogens (tertiary/aromatic N) is 1. The van der Waals surface area contributed by atoms with Gasteiger partial charge in [0, 0.05) is 25.8 Å². The molecule has 1 aliphatic rings. The number of aromatic hydroxyl groups is 2. The van der Waals surface area contributed by atoms with Crippen molar-refractivity contribution in [2.45, 2.75) is 184 Å². The van der Waals surface area contributed by atoms with Gasteiger partial charge in [-0.3, -0.25) is 67.1 Å². The largest absolute Gasteiger partial charge is 0.508 e. The van der Waals surface area contributed by atoms with Gasteiger partial charge in [-0.25, -0.2) is 0 Å². The Morgan fingerprint density at radius 1 is 0.510 bits per heavy atom. The number of likely N-dealkylation sites (tertiary alicyclic amines) is 1. The fourth-order valence-corrected chi connectivity index (χ4v) is 10.8. The molecule has 23 N–H and O–H groups in total. The fourth-order valence-electron chi connectivity index (χ4n) is 10.8. The number of primary amides is 1. The van der Waals surface area contributed by atoms with Gasteiger partial charge in [-0.15, -0.1) is 0 Å². The number of hydrogen-bond donors (Lipinski definition) is 19. The molecule has 1 saturated heterocycles. The SMILES string of the molecule is CC[C@H](C)[C@H](NC(=O)[C@H](CCCCN)NC(=O)[C@H](CCCCN)NC(=O)[C@H](C)NC(=O)[C@H](CCC(=O)O)NC(=O)CNC(=O)[C@H](CO)NC(=O)[C@@H]1CCCN1C(=O)[C@H](Cc1ccc(O)cc1)NC(=O)CNC(=O)[C@H](Cc1ccccc1)NC(=O)[C@@H](C)NC(=O)[C@@H](N)Cc1ccc(O)cc1)C(N)=O. The van der Waals surface area contributed by atoms with Crippen LogP contribution in [-0.2, 0) is 86.4 Å². The molecule has 34 nitrogen and oxygen atoms in total. The first-order chi connectivity index (χ1) is 48.5. The van der Waals surface area contributed by atoms with Crippen molar-refractivity contribution in [3.63, 3.8) is 0 Å². The summed E-state index contributed by atoms with van der Waals surface area (Å²) in [6, 6.07) is 5.68. The van der Waals surface area contributed by atoms with Gasteiger partial charge in [-0.2, -0.15) is 0 Å². The lowest BCUT2D eigenvalue weighted by Gasteiger charge is -2.30. The number of rotatable bonds is 44. The molecule has 34 heteroatoms. The summed E-state index contributed by atoms with van der Waals surface area (Å²) < 4.78 is 0. The third kappa shape index (κ3) is 28.7. The molecule has 0 aliphatic carbocycles. The Kier molecular flexibility index (Phi) is 35.8. The summed E-state index contributed by atoms with van der Waals surface area (Å²) in [6.45, 7) is 3.99. The Morgan fingerprint density at radius 3 is 1.47 bits per heavy atom. The molecule has 0 radical (unpaired) electrons. The second-order valence-electron chi connectivity index (χ2n) is 25.1. The number of phenolic OH excluding ortho intramolecular Hbond substituents is 2. The van der Waals surface area contributed by atoms with Gasteiger partial charge >= 0.3 is 5.97 Å². The number of aliphatic hydroxyl groups excluding tert-OH is 1. The molecule has 3 aromatic rings. The van der Waals surface area contributed by atoms with Crippen molar-refractivity contribution in [1.29, 1.82) is 0 Å². The van der Waals surface area contributed by atoms with Crippen LogP contribution >= 0.6 is 0 Å². The molecule has 13 amide bonds. The van der Waals surface area contributed by atoms with Gasteiger partial charge in [0.05, 0.1) is 25.7 Å². The maximum absolute atomic E-state index is 14.6. The zero-order chi connectivity index (χ0) is 75.6. The molecule has 102 heavy (non-hydrogen) atoms. The van der Waals surface area contributed by atoms with Crippen LogP contribution in [0.5, 0.6) is 11.5 Å². The van der Waals surface area contributed by atoms with E-state index in [0.29, 0.717) is 48.8 Å². The van der Waals surface area contributed by atoms with Crippen molar-refractivity contribution in [3.8, 4) is 11.5 Å². The topological polar surface area (TPSA) is 560 Å². The predicted molar refractivity (Wildman–Crippen MR) is 370 cm³/mol. The zero-order valence-corrected chi connectivity index (χ0v) is 57.8. The Hall–Kier alpha value is -10.3. The number of unbranched alkanes of at least 4 members (excludes halogenated alkanes) is 2. The molecule has 1 heterocycles. The summed E-state index contributed by atoms with van der Waals surface area (Å²) in [6.07, 6.45) is 1.24. The average molecular weight is 1430 g/mol. The Morgan fingerprint density at radius 2 is 0.961 bits per heavy atom. The summed E-state index contributed by atoms with van der Waals surface area (Å²) >= 11 is 0. The quantitative estimate of drug-likeness (QED) is 0.0238. The first-order valence-corrected chi connectivity index (χ1v) is 33.9. The highest BCUT2D eigenvalue weighted by Gasteiger charge is 2.40. The smallest absolute Gasteiger partial charge is 0.303 e. The number of aliphatic hydroxyl groups is 1. The molecule has 1 aliphatic heterocycles. The van der Waals surface area contributed by atoms with Gasteiger partial charge in [-0.1, -0.05) is 74.9 Å². The van der Waals surface area contributed by atoms with Crippen molar-refractivity contribution < 1.29 is 87.5 Å². The molecule has 560 valence electrons. The number of carbonyl (C=O) groups is 14. The number of amides is 13. The Labute approximate surface area is 590 Å². The standard InChI is InChI=1S/C68H100N16O18/c1-5-38(2)57(58(72)92)83-66(100)48(17-10-12-30-70)80-65(99)47(16-9-11-29-69)79-59(93)40(4)76-64(98)49(27-28-56(90)91)77-54(88)35-74-63(97)52(37-85)82-67(101)53-18-13-31-84(53)68(102)51(34-43-21-25-45(87)26-22-43)78-55(89)36-73-62(96)50(33-41-14-7-6-8-15-41)81-60(94)39(3)75-61(95)46(71)32-42-19-23-44(86)24-20-42/h6-8,14-15,19-26,38-40,46-53,57,85-87H,5,9-13,16-18,27-37,69-71H2,1-4H3,(H2,72,92)(H,73,96)(H,74,97)(H,75,95)(H,76,98)(H,77,88)(H,78,89)(H,79,93)(H,80,99)(H,81,94)(H,82,101)(H,83,100)(H,90,91)/t38-,39+,40-,46-,47-,48-,49-,50-,51-,52-,53-,57-/m0/s1. The Bertz CT molecular complexity index is 3330. The van der Waals surface area contributed by atoms with Crippen LogP contribution in [0.1, 0.15) is 115 Å². The van der Waals surface area contributed by atoms with E-state index < -0.39 is 182 Å². The van der Waals surface area contributed by atoms with Gasteiger partial charge in [0.2, 0.25) is 76.8 Å². The monoisotopic (exact) mass is 1430 g/mol. The number of nitrogens with two attached hydrogens (primary N) is 4. The minimum absolute atomic E-state index is 0.0224. The summed E-state index contributed by atoms with van der Waals surface area (Å²) in [5, 5.41) is 66.8. The minimum atomic E-state index is -1.74. The predicted octanol–water partition coefficient (Wildman–Crippen LogP) is -4.27. The molecule has 0 spiro atoms. The van der Waals surface area contributed by atoms with E-state index in [1.54, 1.807) is 56.3 Å². The maximum atomic E-state index is 14.6. The Balaban J connectivity index is 1.40. The number of carboxylic acids is 1. The minimum Gasteiger partial charge on any atom is -0.508 e. The number of carbonyl (C=O) groups excluding carboxylic acids is 13. The lowest BCUT2D eigenvalue weighted by molar-refractivity contribution is -0.142. The van der Waals surface area contributed by atoms with Crippen LogP contribution in [0.3, 0.4) is 0 Å². The van der Waals surface area contributed by atoms with Gasteiger partial charge in [0.1, 0.15) is 71.9 Å². The molecule has 4 rings (SSSR count). The summed E-state index contributed by atoms with van der Waals surface area (Å²) in [5.74, 6) is -13.0. The van der Waals surface area contributed by atoms with E-state index in [1.165, 1.54) is 50.2 Å². The molecule has 12 atom stereocenters. The van der Waals surface area contributed by atoms with E-state index in [-0.39, 0.29) is 82.0 Å². The molecule has 0 saturated carbocycles. The van der Waals surface area contributed by atoms with Crippen LogP contribution in [0.15, 0.2) is 78.9 Å². The van der Waals surface area contributed by atoms with E-state index in [9.17, 15) is 87.5 Å². The van der Waals surface area contributed by atoms with Crippen LogP contribution in [-0.4, -0.2) is 214 Å². The third-order valence-corrected chi connectivity index (χ3v) is 16.9. The summed E-state index contributed by atoms with van der Waals surface area (Å²) in [7, 11) is 0. The van der Waals surface area contributed by atoms with Crippen molar-refractivity contribution >= 4 is 82.8 Å². The van der Waals surface area contributed by atoms with Gasteiger partial charge in [0.15, 0.2) is 0 Å². The number of aliphatic carboxylic acids is 1. The molecular weight excluding hydrogens is 1330 g/mol. The molecule has 1 fully saturated rings. The summed E-state index contributed by atoms with van der Waals surface area (Å²) in [5.41, 5.74) is 24.8. The lowest BCUT2D eigenvalue weighted by atomic mass is 9.97. The van der Waals surface area contributed by atoms with Crippen LogP contribution in [0.25, 0.3) is 0 Å². The number of phenols is 2. The van der Waals surface area contributed by atoms with Crippen LogP contribution in [0.4, 0.5) is 0 Å². The molecular formula is C68H100N16O18. The van der Waals surface area contributed by atoms with Crippen molar-refractivity contribution in [2.75, 3.05) is 39.3 Å². The molecule has 0 aromatic heterocycles. The van der Waals surface area contributed by atoms with Gasteiger partial charge in [-0.05, 0) is 138 Å². The lowest BCUT2D eigenvalue weighted by Crippen LogP contribution is -2.59. The number of hydrogen-bond acceptors (Lipinski definition) is 20. The normalized spacial score (nSPS) is 15.8. The van der Waals surface area contributed by atoms with E-state index >= 15 is 0 Å². The second kappa shape index (κ2) is 43.4. The van der Waals surface area contributed by atoms with Crippen LogP contribution < -0.4 is 81.4 Å². The highest BCUT2D eigenvalue weighted by Crippen LogP contribution is 2.22. The molecule has 0 bridgehead atoms. The zero-order valence-electron chi connectivity index (χ0n) is 57.8. The fraction of sp³-hybridized carbons (Fsp3) is 0.529. The second-order valence-corrected chi connectivity index (χ2v) is 25.1. The molecule has 0 unspecified atom stereocenters. The van der Waals surface area contributed by atoms with Crippen LogP contribution in [0.2, 0.25) is 0 Å². The van der Waals surface area contributed by atoms with E-state index in [1.807, 2.05) is 0 Å². The maximum Gasteiger partial charge on any atom is 0.303 e. The van der Waals surface area contributed by atoms with E-state index in [4.69, 9.17) is 22.9 Å². The number of carboxylic acid groups (broad SMARTS) is 1. The summed E-state index contributed by atoms with van der Waals surface area (Å²) in [4.78, 5) is 190. The molecule has 3 aromatic carbocycles. The number of nitrogens with one attached hydrogen (secondary N) is 11. The van der Waals surface area contributed by atoms with Gasteiger partial charge in [0.25, 0.3) is 0 Å². The highest BCUT2D eigenvalue weighted by molar-refractivity contribution is 5.99.